The Labute approximate surface area is 111 Å². The van der Waals surface area contributed by atoms with E-state index in [1.165, 1.54) is 0 Å². The molecule has 110 valence electrons. The molecule has 19 heavy (non-hydrogen) atoms. The number of urea groups is 1. The number of carboxylic acids is 1. The molecule has 0 aliphatic heterocycles. The Morgan fingerprint density at radius 1 is 1.32 bits per heavy atom. The average molecular weight is 274 g/mol. The summed E-state index contributed by atoms with van der Waals surface area (Å²) in [6.07, 6.45) is -0.399. The van der Waals surface area contributed by atoms with Gasteiger partial charge in [-0.15, -0.1) is 0 Å². The number of nitrogens with one attached hydrogen (secondary N) is 2. The van der Waals surface area contributed by atoms with Crippen molar-refractivity contribution >= 4 is 18.1 Å². The number of hydrogen-bond acceptors (Lipinski definition) is 5. The average Bonchev–Trinajstić information content (AvgIpc) is 2.19. The highest BCUT2D eigenvalue weighted by molar-refractivity contribution is 5.78. The minimum atomic E-state index is -1.41. The number of alkyl carbamates (subject to hydrolysis) is 1. The predicted molar refractivity (Wildman–Crippen MR) is 65.0 cm³/mol. The first-order valence-corrected chi connectivity index (χ1v) is 5.85. The van der Waals surface area contributed by atoms with Gasteiger partial charge in [0.25, 0.3) is 0 Å². The lowest BCUT2D eigenvalue weighted by molar-refractivity contribution is -0.308. The van der Waals surface area contributed by atoms with E-state index < -0.39 is 29.7 Å². The van der Waals surface area contributed by atoms with Gasteiger partial charge in [-0.1, -0.05) is 0 Å². The van der Waals surface area contributed by atoms with Crippen molar-refractivity contribution in [3.8, 4) is 0 Å². The van der Waals surface area contributed by atoms with Gasteiger partial charge in [0.05, 0.1) is 12.0 Å². The molecule has 0 unspecified atom stereocenters. The van der Waals surface area contributed by atoms with Crippen molar-refractivity contribution in [1.82, 2.24) is 10.6 Å². The molecule has 1 atom stereocenters. The number of rotatable bonds is 6. The smallest absolute Gasteiger partial charge is 0.408 e. The molecule has 0 aromatic heterocycles. The van der Waals surface area contributed by atoms with Gasteiger partial charge in [-0.2, -0.15) is 0 Å². The summed E-state index contributed by atoms with van der Waals surface area (Å²) in [6.45, 7) is 5.21. The lowest BCUT2D eigenvalue weighted by Crippen LogP contribution is -2.49. The van der Waals surface area contributed by atoms with Gasteiger partial charge in [-0.3, -0.25) is 0 Å². The zero-order valence-electron chi connectivity index (χ0n) is 11.3. The summed E-state index contributed by atoms with van der Waals surface area (Å²) in [7, 11) is 0. The van der Waals surface area contributed by atoms with Crippen molar-refractivity contribution in [3.05, 3.63) is 0 Å². The molecule has 0 saturated heterocycles. The third kappa shape index (κ3) is 9.69. The Hall–Kier alpha value is -1.99. The van der Waals surface area contributed by atoms with Crippen molar-refractivity contribution in [3.63, 3.8) is 0 Å². The van der Waals surface area contributed by atoms with Crippen molar-refractivity contribution in [1.29, 1.82) is 0 Å². The quantitative estimate of drug-likeness (QED) is 0.538. The van der Waals surface area contributed by atoms with E-state index in [1.807, 2.05) is 0 Å². The third-order valence-electron chi connectivity index (χ3n) is 1.94. The molecule has 0 heterocycles. The van der Waals surface area contributed by atoms with Crippen LogP contribution in [-0.2, 0) is 9.53 Å². The van der Waals surface area contributed by atoms with Gasteiger partial charge < -0.3 is 31.0 Å². The van der Waals surface area contributed by atoms with E-state index in [4.69, 9.17) is 10.5 Å². The Kier molecular flexibility index (Phi) is 6.67. The first-order valence-electron chi connectivity index (χ1n) is 5.85. The highest BCUT2D eigenvalue weighted by Crippen LogP contribution is 2.07. The number of primary amides is 1. The molecule has 0 aromatic carbocycles. The largest absolute Gasteiger partial charge is 0.548 e. The normalized spacial score (nSPS) is 12.4. The minimum absolute atomic E-state index is 0.0991. The van der Waals surface area contributed by atoms with Crippen LogP contribution in [0.1, 0.15) is 33.6 Å². The number of carbonyl (C=O) groups excluding carboxylic acids is 3. The van der Waals surface area contributed by atoms with E-state index in [1.54, 1.807) is 20.8 Å². The molecule has 0 spiro atoms. The van der Waals surface area contributed by atoms with E-state index in [2.05, 4.69) is 10.6 Å². The second-order valence-corrected chi connectivity index (χ2v) is 4.95. The molecule has 0 radical (unpaired) electrons. The summed E-state index contributed by atoms with van der Waals surface area (Å²) >= 11 is 0. The zero-order valence-corrected chi connectivity index (χ0v) is 11.3. The number of amides is 3. The number of carboxylic acid groups (broad SMARTS) is 1. The molecule has 0 aromatic rings. The predicted octanol–water partition coefficient (Wildman–Crippen LogP) is -0.922. The molecular weight excluding hydrogens is 254 g/mol. The molecule has 0 saturated carbocycles. The van der Waals surface area contributed by atoms with Gasteiger partial charge in [-0.05, 0) is 33.6 Å². The summed E-state index contributed by atoms with van der Waals surface area (Å²) in [6, 6.07) is -1.87. The highest BCUT2D eigenvalue weighted by atomic mass is 16.6. The molecule has 4 N–H and O–H groups in total. The second-order valence-electron chi connectivity index (χ2n) is 4.95. The maximum absolute atomic E-state index is 11.4. The van der Waals surface area contributed by atoms with Gasteiger partial charge in [0.15, 0.2) is 0 Å². The summed E-state index contributed by atoms with van der Waals surface area (Å²) < 4.78 is 4.93. The Bertz CT molecular complexity index is 338. The first kappa shape index (κ1) is 17.0. The van der Waals surface area contributed by atoms with Crippen LogP contribution in [0.4, 0.5) is 9.59 Å². The van der Waals surface area contributed by atoms with Gasteiger partial charge >= 0.3 is 12.1 Å². The highest BCUT2D eigenvalue weighted by Gasteiger charge is 2.19. The van der Waals surface area contributed by atoms with Crippen LogP contribution in [0.3, 0.4) is 0 Å². The fourth-order valence-corrected chi connectivity index (χ4v) is 1.22. The molecule has 8 nitrogen and oxygen atoms in total. The van der Waals surface area contributed by atoms with Crippen LogP contribution in [0.2, 0.25) is 0 Å². The Balaban J connectivity index is 4.16. The molecular formula is C11H20N3O5-. The SMILES string of the molecule is CC(C)(C)OC(=O)N[C@@H](CCCNC(N)=O)C(=O)[O-]. The zero-order chi connectivity index (χ0) is 15.1. The lowest BCUT2D eigenvalue weighted by atomic mass is 10.1. The number of ether oxygens (including phenoxy) is 1. The maximum Gasteiger partial charge on any atom is 0.408 e. The molecule has 0 bridgehead atoms. The van der Waals surface area contributed by atoms with Crippen molar-refractivity contribution in [2.24, 2.45) is 5.73 Å². The third-order valence-corrected chi connectivity index (χ3v) is 1.94. The first-order chi connectivity index (χ1) is 8.61. The van der Waals surface area contributed by atoms with E-state index in [-0.39, 0.29) is 13.0 Å². The van der Waals surface area contributed by atoms with Crippen LogP contribution in [-0.4, -0.2) is 36.3 Å². The topological polar surface area (TPSA) is 134 Å². The molecule has 0 rings (SSSR count). The van der Waals surface area contributed by atoms with Crippen LogP contribution in [0, 0.1) is 0 Å². The number of nitrogens with two attached hydrogens (primary N) is 1. The van der Waals surface area contributed by atoms with Crippen LogP contribution in [0.15, 0.2) is 0 Å². The summed E-state index contributed by atoms with van der Waals surface area (Å²) in [5.74, 6) is -1.41. The van der Waals surface area contributed by atoms with Crippen LogP contribution >= 0.6 is 0 Å². The van der Waals surface area contributed by atoms with Crippen molar-refractivity contribution in [2.75, 3.05) is 6.54 Å². The standard InChI is InChI=1S/C11H21N3O5/c1-11(2,3)19-10(18)14-7(8(15)16)5-4-6-13-9(12)17/h7H,4-6H2,1-3H3,(H,14,18)(H,15,16)(H3,12,13,17)/p-1/t7-/m0/s1. The van der Waals surface area contributed by atoms with E-state index in [9.17, 15) is 19.5 Å². The van der Waals surface area contributed by atoms with Gasteiger partial charge in [0.1, 0.15) is 5.60 Å². The maximum atomic E-state index is 11.4. The van der Waals surface area contributed by atoms with Gasteiger partial charge in [-0.25, -0.2) is 9.59 Å². The van der Waals surface area contributed by atoms with E-state index >= 15 is 0 Å². The minimum Gasteiger partial charge on any atom is -0.548 e. The lowest BCUT2D eigenvalue weighted by Gasteiger charge is -2.24. The molecule has 0 aliphatic carbocycles. The number of aliphatic carboxylic acids is 1. The second kappa shape index (κ2) is 7.45. The Morgan fingerprint density at radius 3 is 2.32 bits per heavy atom. The van der Waals surface area contributed by atoms with Gasteiger partial charge in [0.2, 0.25) is 0 Å². The molecule has 3 amide bonds. The summed E-state index contributed by atoms with van der Waals surface area (Å²) in [5.41, 5.74) is 4.14. The molecule has 0 fully saturated rings. The summed E-state index contributed by atoms with van der Waals surface area (Å²) in [4.78, 5) is 32.6. The van der Waals surface area contributed by atoms with E-state index in [0.717, 1.165) is 0 Å². The molecule has 0 aliphatic rings. The van der Waals surface area contributed by atoms with Crippen LogP contribution in [0.25, 0.3) is 0 Å². The monoisotopic (exact) mass is 274 g/mol. The Morgan fingerprint density at radius 2 is 1.89 bits per heavy atom. The fraction of sp³-hybridized carbons (Fsp3) is 0.727. The van der Waals surface area contributed by atoms with Gasteiger partial charge in [0, 0.05) is 6.54 Å². The molecule has 8 heteroatoms. The van der Waals surface area contributed by atoms with Crippen molar-refractivity contribution in [2.45, 2.75) is 45.3 Å². The number of carbonyl (C=O) groups is 3. The fourth-order valence-electron chi connectivity index (χ4n) is 1.22. The van der Waals surface area contributed by atoms with Crippen LogP contribution in [0.5, 0.6) is 0 Å². The summed E-state index contributed by atoms with van der Waals surface area (Å²) in [5, 5.41) is 15.3. The van der Waals surface area contributed by atoms with Crippen molar-refractivity contribution < 1.29 is 24.2 Å². The number of hydrogen-bond donors (Lipinski definition) is 3. The van der Waals surface area contributed by atoms with Crippen LogP contribution < -0.4 is 21.5 Å². The van der Waals surface area contributed by atoms with E-state index in [0.29, 0.717) is 6.42 Å².